The normalized spacial score (nSPS) is 12.4. The topological polar surface area (TPSA) is 62.2 Å². The van der Waals surface area contributed by atoms with E-state index in [-0.39, 0.29) is 5.91 Å². The van der Waals surface area contributed by atoms with Crippen LogP contribution < -0.4 is 5.32 Å². The van der Waals surface area contributed by atoms with Crippen LogP contribution in [-0.2, 0) is 0 Å². The Morgan fingerprint density at radius 3 is 2.90 bits per heavy atom. The summed E-state index contributed by atoms with van der Waals surface area (Å²) in [5, 5.41) is 15.1. The molecule has 21 heavy (non-hydrogen) atoms. The van der Waals surface area contributed by atoms with E-state index in [4.69, 9.17) is 0 Å². The molecule has 4 nitrogen and oxygen atoms in total. The van der Waals surface area contributed by atoms with Crippen LogP contribution in [0.25, 0.3) is 10.2 Å². The van der Waals surface area contributed by atoms with Crippen molar-refractivity contribution in [3.05, 3.63) is 51.7 Å². The predicted octanol–water partition coefficient (Wildman–Crippen LogP) is 3.21. The highest BCUT2D eigenvalue weighted by molar-refractivity contribution is 7.20. The van der Waals surface area contributed by atoms with Crippen molar-refractivity contribution >= 4 is 38.8 Å². The summed E-state index contributed by atoms with van der Waals surface area (Å²) in [5.74, 6) is -0.186. The summed E-state index contributed by atoms with van der Waals surface area (Å²) in [6.45, 7) is 0.424. The molecular weight excluding hydrogens is 304 g/mol. The predicted molar refractivity (Wildman–Crippen MR) is 85.8 cm³/mol. The van der Waals surface area contributed by atoms with Gasteiger partial charge in [0, 0.05) is 11.4 Å². The molecular formula is C15H14N2O2S2. The number of nitrogens with zero attached hydrogens (tertiary/aromatic N) is 1. The van der Waals surface area contributed by atoms with Crippen molar-refractivity contribution in [3.8, 4) is 0 Å². The minimum absolute atomic E-state index is 0.186. The molecule has 1 atom stereocenters. The second-order valence-corrected chi connectivity index (χ2v) is 6.57. The monoisotopic (exact) mass is 318 g/mol. The minimum atomic E-state index is -0.527. The van der Waals surface area contributed by atoms with Crippen LogP contribution in [0.2, 0.25) is 0 Å². The zero-order valence-corrected chi connectivity index (χ0v) is 12.8. The number of thiophene rings is 1. The van der Waals surface area contributed by atoms with Crippen molar-refractivity contribution in [3.63, 3.8) is 0 Å². The molecule has 108 valence electrons. The third-order valence-corrected chi connectivity index (χ3v) is 5.07. The van der Waals surface area contributed by atoms with E-state index in [0.29, 0.717) is 18.0 Å². The zero-order valence-electron chi connectivity index (χ0n) is 11.2. The van der Waals surface area contributed by atoms with Crippen LogP contribution in [0.5, 0.6) is 0 Å². The van der Waals surface area contributed by atoms with Crippen molar-refractivity contribution in [1.29, 1.82) is 0 Å². The largest absolute Gasteiger partial charge is 0.388 e. The molecule has 2 N–H and O–H groups in total. The fourth-order valence-corrected chi connectivity index (χ4v) is 3.62. The van der Waals surface area contributed by atoms with Gasteiger partial charge >= 0.3 is 0 Å². The number of rotatable bonds is 5. The van der Waals surface area contributed by atoms with E-state index in [0.717, 1.165) is 15.1 Å². The van der Waals surface area contributed by atoms with Gasteiger partial charge in [-0.2, -0.15) is 0 Å². The number of aliphatic hydroxyl groups is 1. The molecule has 3 rings (SSSR count). The van der Waals surface area contributed by atoms with E-state index >= 15 is 0 Å². The lowest BCUT2D eigenvalue weighted by Crippen LogP contribution is -2.25. The van der Waals surface area contributed by atoms with Crippen molar-refractivity contribution in [2.24, 2.45) is 0 Å². The number of benzene rings is 1. The van der Waals surface area contributed by atoms with Crippen LogP contribution in [0, 0.1) is 0 Å². The Kier molecular flexibility index (Phi) is 4.28. The lowest BCUT2D eigenvalue weighted by molar-refractivity contribution is 0.0943. The number of para-hydroxylation sites is 1. The Labute approximate surface area is 130 Å². The van der Waals surface area contributed by atoms with Gasteiger partial charge < -0.3 is 10.4 Å². The molecule has 6 heteroatoms. The van der Waals surface area contributed by atoms with Gasteiger partial charge in [0.2, 0.25) is 0 Å². The molecule has 0 aliphatic heterocycles. The number of fused-ring (bicyclic) bond motifs is 1. The van der Waals surface area contributed by atoms with Gasteiger partial charge in [0.05, 0.1) is 16.3 Å². The molecule has 3 aromatic rings. The molecule has 0 saturated carbocycles. The Hall–Kier alpha value is -1.76. The van der Waals surface area contributed by atoms with Gasteiger partial charge in [-0.1, -0.05) is 18.2 Å². The van der Waals surface area contributed by atoms with E-state index in [1.807, 2.05) is 41.8 Å². The summed E-state index contributed by atoms with van der Waals surface area (Å²) in [7, 11) is 0. The molecule has 0 bridgehead atoms. The van der Waals surface area contributed by atoms with E-state index in [9.17, 15) is 9.90 Å². The number of hydrogen-bond acceptors (Lipinski definition) is 5. The van der Waals surface area contributed by atoms with Gasteiger partial charge in [0.1, 0.15) is 0 Å². The average Bonchev–Trinajstić information content (AvgIpc) is 3.16. The summed E-state index contributed by atoms with van der Waals surface area (Å²) in [6, 6.07) is 11.5. The van der Waals surface area contributed by atoms with Crippen LogP contribution in [0.15, 0.2) is 41.8 Å². The Morgan fingerprint density at radius 2 is 2.14 bits per heavy atom. The first-order valence-corrected chi connectivity index (χ1v) is 8.29. The van der Waals surface area contributed by atoms with Crippen molar-refractivity contribution in [2.45, 2.75) is 12.5 Å². The molecule has 0 spiro atoms. The Balaban J connectivity index is 1.56. The standard InChI is InChI=1S/C15H14N2O2S2/c18-11(13-6-3-9-20-13)7-8-16-14(19)15-17-10-4-1-2-5-12(10)21-15/h1-6,9,11,18H,7-8H2,(H,16,19)/t11-/m1/s1. The van der Waals surface area contributed by atoms with Crippen LogP contribution in [0.3, 0.4) is 0 Å². The zero-order chi connectivity index (χ0) is 14.7. The maximum absolute atomic E-state index is 12.0. The van der Waals surface area contributed by atoms with Crippen LogP contribution in [-0.4, -0.2) is 22.5 Å². The van der Waals surface area contributed by atoms with Gasteiger partial charge in [-0.3, -0.25) is 4.79 Å². The summed E-state index contributed by atoms with van der Waals surface area (Å²) >= 11 is 2.89. The number of thiazole rings is 1. The van der Waals surface area contributed by atoms with Crippen LogP contribution >= 0.6 is 22.7 Å². The number of aliphatic hydroxyl groups excluding tert-OH is 1. The summed E-state index contributed by atoms with van der Waals surface area (Å²) in [4.78, 5) is 17.3. The Morgan fingerprint density at radius 1 is 1.29 bits per heavy atom. The second-order valence-electron chi connectivity index (χ2n) is 4.56. The molecule has 0 fully saturated rings. The molecule has 0 radical (unpaired) electrons. The highest BCUT2D eigenvalue weighted by Gasteiger charge is 2.13. The first kappa shape index (κ1) is 14.2. The molecule has 0 unspecified atom stereocenters. The molecule has 0 aliphatic rings. The van der Waals surface area contributed by atoms with Crippen molar-refractivity contribution in [1.82, 2.24) is 10.3 Å². The fourth-order valence-electron chi connectivity index (χ4n) is 1.99. The third kappa shape index (κ3) is 3.29. The summed E-state index contributed by atoms with van der Waals surface area (Å²) in [6.07, 6.45) is -0.0300. The maximum atomic E-state index is 12.0. The minimum Gasteiger partial charge on any atom is -0.388 e. The van der Waals surface area contributed by atoms with Gasteiger partial charge in [-0.25, -0.2) is 4.98 Å². The molecule has 1 aromatic carbocycles. The van der Waals surface area contributed by atoms with Gasteiger partial charge in [0.15, 0.2) is 5.01 Å². The van der Waals surface area contributed by atoms with Gasteiger partial charge in [-0.05, 0) is 30.0 Å². The Bertz CT molecular complexity index is 704. The average molecular weight is 318 g/mol. The first-order chi connectivity index (χ1) is 10.2. The highest BCUT2D eigenvalue weighted by Crippen LogP contribution is 2.22. The summed E-state index contributed by atoms with van der Waals surface area (Å²) < 4.78 is 1.00. The second kappa shape index (κ2) is 6.34. The number of carbonyl (C=O) groups excluding carboxylic acids is 1. The summed E-state index contributed by atoms with van der Waals surface area (Å²) in [5.41, 5.74) is 0.839. The van der Waals surface area contributed by atoms with Gasteiger partial charge in [-0.15, -0.1) is 22.7 Å². The molecule has 0 aliphatic carbocycles. The van der Waals surface area contributed by atoms with Crippen LogP contribution in [0.1, 0.15) is 27.2 Å². The van der Waals surface area contributed by atoms with Gasteiger partial charge in [0.25, 0.3) is 5.91 Å². The number of aromatic nitrogens is 1. The number of nitrogens with one attached hydrogen (secondary N) is 1. The van der Waals surface area contributed by atoms with E-state index in [1.165, 1.54) is 22.7 Å². The number of hydrogen-bond donors (Lipinski definition) is 2. The van der Waals surface area contributed by atoms with Crippen LogP contribution in [0.4, 0.5) is 0 Å². The van der Waals surface area contributed by atoms with Crippen molar-refractivity contribution in [2.75, 3.05) is 6.54 Å². The maximum Gasteiger partial charge on any atom is 0.280 e. The number of carbonyl (C=O) groups is 1. The quantitative estimate of drug-likeness (QED) is 0.759. The molecule has 0 saturated heterocycles. The van der Waals surface area contributed by atoms with E-state index in [2.05, 4.69) is 10.3 Å². The highest BCUT2D eigenvalue weighted by atomic mass is 32.1. The SMILES string of the molecule is O=C(NCC[C@@H](O)c1cccs1)c1nc2ccccc2s1. The first-order valence-electron chi connectivity index (χ1n) is 6.59. The third-order valence-electron chi connectivity index (χ3n) is 3.06. The molecule has 2 aromatic heterocycles. The molecule has 1 amide bonds. The van der Waals surface area contributed by atoms with Crippen molar-refractivity contribution < 1.29 is 9.90 Å². The van der Waals surface area contributed by atoms with E-state index < -0.39 is 6.10 Å². The fraction of sp³-hybridized carbons (Fsp3) is 0.200. The smallest absolute Gasteiger partial charge is 0.280 e. The lowest BCUT2D eigenvalue weighted by Gasteiger charge is -2.08. The van der Waals surface area contributed by atoms with E-state index in [1.54, 1.807) is 0 Å². The molecule has 2 heterocycles. The lowest BCUT2D eigenvalue weighted by atomic mass is 10.2. The number of amides is 1.